The first-order chi connectivity index (χ1) is 9.44. The topological polar surface area (TPSA) is 72.2 Å². The van der Waals surface area contributed by atoms with Gasteiger partial charge in [0.1, 0.15) is 4.90 Å². The SMILES string of the molecule is Cc1ccc(CNS(=O)(=O)c2c(C)csc2CN)cc1. The first-order valence-corrected chi connectivity index (χ1v) is 8.62. The Morgan fingerprint density at radius 3 is 2.45 bits per heavy atom. The number of hydrogen-bond acceptors (Lipinski definition) is 4. The normalized spacial score (nSPS) is 11.8. The maximum atomic E-state index is 12.4. The minimum Gasteiger partial charge on any atom is -0.326 e. The van der Waals surface area contributed by atoms with Gasteiger partial charge in [0.05, 0.1) is 0 Å². The van der Waals surface area contributed by atoms with Crippen LogP contribution in [-0.4, -0.2) is 8.42 Å². The second kappa shape index (κ2) is 6.05. The molecule has 20 heavy (non-hydrogen) atoms. The van der Waals surface area contributed by atoms with E-state index < -0.39 is 10.0 Å². The van der Waals surface area contributed by atoms with Crippen LogP contribution in [0.25, 0.3) is 0 Å². The van der Waals surface area contributed by atoms with E-state index in [2.05, 4.69) is 4.72 Å². The lowest BCUT2D eigenvalue weighted by molar-refractivity contribution is 0.580. The Labute approximate surface area is 123 Å². The van der Waals surface area contributed by atoms with Gasteiger partial charge in [0.2, 0.25) is 10.0 Å². The zero-order valence-electron chi connectivity index (χ0n) is 11.5. The van der Waals surface area contributed by atoms with Crippen LogP contribution in [0.2, 0.25) is 0 Å². The van der Waals surface area contributed by atoms with Gasteiger partial charge in [-0.2, -0.15) is 0 Å². The van der Waals surface area contributed by atoms with E-state index in [0.717, 1.165) is 16.7 Å². The van der Waals surface area contributed by atoms with Gasteiger partial charge in [0, 0.05) is 18.0 Å². The highest BCUT2D eigenvalue weighted by atomic mass is 32.2. The largest absolute Gasteiger partial charge is 0.326 e. The van der Waals surface area contributed by atoms with Crippen LogP contribution in [0.15, 0.2) is 34.5 Å². The van der Waals surface area contributed by atoms with Crippen molar-refractivity contribution in [3.05, 3.63) is 51.2 Å². The van der Waals surface area contributed by atoms with E-state index >= 15 is 0 Å². The van der Waals surface area contributed by atoms with Gasteiger partial charge in [-0.3, -0.25) is 0 Å². The van der Waals surface area contributed by atoms with Gasteiger partial charge in [-0.25, -0.2) is 13.1 Å². The first kappa shape index (κ1) is 15.2. The second-order valence-corrected chi connectivity index (χ2v) is 7.35. The summed E-state index contributed by atoms with van der Waals surface area (Å²) in [7, 11) is -3.52. The molecule has 0 saturated heterocycles. The molecule has 0 atom stereocenters. The number of benzene rings is 1. The fourth-order valence-electron chi connectivity index (χ4n) is 1.95. The summed E-state index contributed by atoms with van der Waals surface area (Å²) in [5, 5.41) is 1.82. The fourth-order valence-corrected chi connectivity index (χ4v) is 4.66. The Bertz CT molecular complexity index is 688. The van der Waals surface area contributed by atoms with Crippen molar-refractivity contribution < 1.29 is 8.42 Å². The van der Waals surface area contributed by atoms with Gasteiger partial charge < -0.3 is 5.73 Å². The molecular weight excluding hydrogens is 292 g/mol. The minimum atomic E-state index is -3.52. The van der Waals surface area contributed by atoms with Crippen molar-refractivity contribution in [2.24, 2.45) is 5.73 Å². The highest BCUT2D eigenvalue weighted by Crippen LogP contribution is 2.26. The average Bonchev–Trinajstić information content (AvgIpc) is 2.80. The molecule has 0 spiro atoms. The van der Waals surface area contributed by atoms with Gasteiger partial charge in [-0.1, -0.05) is 29.8 Å². The van der Waals surface area contributed by atoms with Gasteiger partial charge in [-0.15, -0.1) is 11.3 Å². The second-order valence-electron chi connectivity index (χ2n) is 4.69. The molecule has 1 heterocycles. The molecule has 4 nitrogen and oxygen atoms in total. The standard InChI is InChI=1S/C14H18N2O2S2/c1-10-3-5-12(6-4-10)8-16-20(17,18)14-11(2)9-19-13(14)7-15/h3-6,9,16H,7-8,15H2,1-2H3. The van der Waals surface area contributed by atoms with E-state index in [1.165, 1.54) is 11.3 Å². The number of sulfonamides is 1. The third-order valence-electron chi connectivity index (χ3n) is 3.03. The van der Waals surface area contributed by atoms with Gasteiger partial charge >= 0.3 is 0 Å². The summed E-state index contributed by atoms with van der Waals surface area (Å²) < 4.78 is 27.4. The maximum Gasteiger partial charge on any atom is 0.242 e. The van der Waals surface area contributed by atoms with Crippen LogP contribution in [0.4, 0.5) is 0 Å². The van der Waals surface area contributed by atoms with E-state index in [1.807, 2.05) is 36.6 Å². The summed E-state index contributed by atoms with van der Waals surface area (Å²) in [4.78, 5) is 1.02. The van der Waals surface area contributed by atoms with Crippen LogP contribution in [0.3, 0.4) is 0 Å². The van der Waals surface area contributed by atoms with Gasteiger partial charge in [0.15, 0.2) is 0 Å². The molecular formula is C14H18N2O2S2. The number of aryl methyl sites for hydroxylation is 2. The average molecular weight is 310 g/mol. The lowest BCUT2D eigenvalue weighted by Crippen LogP contribution is -2.24. The maximum absolute atomic E-state index is 12.4. The van der Waals surface area contributed by atoms with Crippen molar-refractivity contribution in [2.45, 2.75) is 31.8 Å². The van der Waals surface area contributed by atoms with Crippen molar-refractivity contribution in [1.82, 2.24) is 4.72 Å². The molecule has 0 fully saturated rings. The molecule has 3 N–H and O–H groups in total. The van der Waals surface area contributed by atoms with Crippen molar-refractivity contribution >= 4 is 21.4 Å². The van der Waals surface area contributed by atoms with Crippen LogP contribution < -0.4 is 10.5 Å². The molecule has 0 aliphatic carbocycles. The van der Waals surface area contributed by atoms with E-state index in [9.17, 15) is 8.42 Å². The Morgan fingerprint density at radius 2 is 1.85 bits per heavy atom. The van der Waals surface area contributed by atoms with Crippen LogP contribution in [0, 0.1) is 13.8 Å². The molecule has 0 aliphatic heterocycles. The Hall–Kier alpha value is -1.21. The van der Waals surface area contributed by atoms with Gasteiger partial charge in [0.25, 0.3) is 0 Å². The number of thiophene rings is 1. The predicted molar refractivity (Wildman–Crippen MR) is 82.2 cm³/mol. The third-order valence-corrected chi connectivity index (χ3v) is 5.92. The number of nitrogens with two attached hydrogens (primary N) is 1. The predicted octanol–water partition coefficient (Wildman–Crippen LogP) is 2.30. The molecule has 0 amide bonds. The van der Waals surface area contributed by atoms with Gasteiger partial charge in [-0.05, 0) is 30.4 Å². The number of rotatable bonds is 5. The molecule has 2 aromatic rings. The summed E-state index contributed by atoms with van der Waals surface area (Å²) >= 11 is 1.38. The molecule has 1 aromatic heterocycles. The van der Waals surface area contributed by atoms with E-state index in [-0.39, 0.29) is 13.1 Å². The molecule has 6 heteroatoms. The summed E-state index contributed by atoms with van der Waals surface area (Å²) in [6.45, 7) is 4.30. The molecule has 0 saturated carbocycles. The smallest absolute Gasteiger partial charge is 0.242 e. The van der Waals surface area contributed by atoms with Crippen molar-refractivity contribution in [3.8, 4) is 0 Å². The lowest BCUT2D eigenvalue weighted by atomic mass is 10.2. The summed E-state index contributed by atoms with van der Waals surface area (Å²) in [6.07, 6.45) is 0. The quantitative estimate of drug-likeness (QED) is 0.890. The highest BCUT2D eigenvalue weighted by Gasteiger charge is 2.21. The number of nitrogens with one attached hydrogen (secondary N) is 1. The molecule has 0 radical (unpaired) electrons. The van der Waals surface area contributed by atoms with Crippen molar-refractivity contribution in [3.63, 3.8) is 0 Å². The summed E-state index contributed by atoms with van der Waals surface area (Å²) in [5.41, 5.74) is 8.43. The van der Waals surface area contributed by atoms with E-state index in [1.54, 1.807) is 6.92 Å². The van der Waals surface area contributed by atoms with E-state index in [0.29, 0.717) is 9.77 Å². The fraction of sp³-hybridized carbons (Fsp3) is 0.286. The Kier molecular flexibility index (Phi) is 4.59. The molecule has 1 aromatic carbocycles. The minimum absolute atomic E-state index is 0.235. The molecule has 0 aliphatic rings. The van der Waals surface area contributed by atoms with Crippen LogP contribution in [0.1, 0.15) is 21.6 Å². The summed E-state index contributed by atoms with van der Waals surface area (Å²) in [6, 6.07) is 7.76. The Morgan fingerprint density at radius 1 is 1.20 bits per heavy atom. The molecule has 108 valence electrons. The molecule has 2 rings (SSSR count). The zero-order chi connectivity index (χ0) is 14.8. The third kappa shape index (κ3) is 3.27. The van der Waals surface area contributed by atoms with Crippen molar-refractivity contribution in [1.29, 1.82) is 0 Å². The first-order valence-electron chi connectivity index (χ1n) is 6.26. The number of hydrogen-bond donors (Lipinski definition) is 2. The zero-order valence-corrected chi connectivity index (χ0v) is 13.1. The molecule has 0 bridgehead atoms. The van der Waals surface area contributed by atoms with Crippen LogP contribution in [-0.2, 0) is 23.1 Å². The van der Waals surface area contributed by atoms with Crippen LogP contribution in [0.5, 0.6) is 0 Å². The lowest BCUT2D eigenvalue weighted by Gasteiger charge is -2.09. The van der Waals surface area contributed by atoms with E-state index in [4.69, 9.17) is 5.73 Å². The van der Waals surface area contributed by atoms with Crippen molar-refractivity contribution in [2.75, 3.05) is 0 Å². The summed E-state index contributed by atoms with van der Waals surface area (Å²) in [5.74, 6) is 0. The Balaban J connectivity index is 2.19. The molecule has 0 unspecified atom stereocenters. The monoisotopic (exact) mass is 310 g/mol. The van der Waals surface area contributed by atoms with Crippen LogP contribution >= 0.6 is 11.3 Å². The highest BCUT2D eigenvalue weighted by molar-refractivity contribution is 7.89.